The average Bonchev–Trinajstić information content (AvgIpc) is 2.46. The maximum atomic E-state index is 10.5. The summed E-state index contributed by atoms with van der Waals surface area (Å²) in [6, 6.07) is 16.5. The highest BCUT2D eigenvalue weighted by Crippen LogP contribution is 2.22. The van der Waals surface area contributed by atoms with Crippen LogP contribution in [0.4, 0.5) is 0 Å². The van der Waals surface area contributed by atoms with E-state index in [-0.39, 0.29) is 0 Å². The van der Waals surface area contributed by atoms with Gasteiger partial charge in [-0.2, -0.15) is 0 Å². The molecule has 2 aromatic rings. The monoisotopic (exact) mass is 271 g/mol. The first-order valence-electron chi connectivity index (χ1n) is 6.30. The van der Waals surface area contributed by atoms with Crippen LogP contribution in [0.2, 0.25) is 0 Å². The zero-order chi connectivity index (χ0) is 14.4. The van der Waals surface area contributed by atoms with Crippen molar-refractivity contribution in [3.8, 4) is 5.75 Å². The molecule has 0 aliphatic heterocycles. The number of carboxylic acids is 1. The summed E-state index contributed by atoms with van der Waals surface area (Å²) in [6.45, 7) is 0.418. The molecule has 0 aliphatic carbocycles. The lowest BCUT2D eigenvalue weighted by molar-refractivity contribution is -0.307. The van der Waals surface area contributed by atoms with Gasteiger partial charge in [-0.05, 0) is 23.3 Å². The van der Waals surface area contributed by atoms with E-state index in [1.54, 1.807) is 24.3 Å². The molecule has 0 aromatic heterocycles. The van der Waals surface area contributed by atoms with Crippen molar-refractivity contribution in [1.29, 1.82) is 0 Å². The van der Waals surface area contributed by atoms with Crippen LogP contribution in [-0.4, -0.2) is 11.1 Å². The summed E-state index contributed by atoms with van der Waals surface area (Å²) < 4.78 is 5.61. The second kappa shape index (κ2) is 6.73. The summed E-state index contributed by atoms with van der Waals surface area (Å²) in [5.41, 5.74) is 1.54. The molecule has 2 rings (SSSR count). The molecular weight excluding hydrogens is 256 g/mol. The van der Waals surface area contributed by atoms with Crippen LogP contribution in [0.5, 0.6) is 5.75 Å². The molecule has 1 atom stereocenters. The Balaban J connectivity index is 2.01. The third-order valence-electron chi connectivity index (χ3n) is 2.85. The van der Waals surface area contributed by atoms with E-state index in [0.29, 0.717) is 17.9 Å². The summed E-state index contributed by atoms with van der Waals surface area (Å²) in [5, 5.41) is 20.2. The SMILES string of the molecule is O=C([O-])CC(O)c1cccc(OCc2ccccc2)c1. The van der Waals surface area contributed by atoms with E-state index in [4.69, 9.17) is 4.74 Å². The molecule has 0 spiro atoms. The molecule has 0 bridgehead atoms. The summed E-state index contributed by atoms with van der Waals surface area (Å²) in [5.74, 6) is -0.697. The number of hydrogen-bond donors (Lipinski definition) is 1. The number of hydrogen-bond acceptors (Lipinski definition) is 4. The minimum Gasteiger partial charge on any atom is -0.550 e. The van der Waals surface area contributed by atoms with E-state index >= 15 is 0 Å². The Morgan fingerprint density at radius 3 is 2.60 bits per heavy atom. The molecule has 104 valence electrons. The standard InChI is InChI=1S/C16H16O4/c17-15(10-16(18)19)13-7-4-8-14(9-13)20-11-12-5-2-1-3-6-12/h1-9,15,17H,10-11H2,(H,18,19)/p-1. The maximum Gasteiger partial charge on any atom is 0.120 e. The van der Waals surface area contributed by atoms with Gasteiger partial charge in [0.05, 0.1) is 6.10 Å². The van der Waals surface area contributed by atoms with Gasteiger partial charge < -0.3 is 19.7 Å². The van der Waals surface area contributed by atoms with Gasteiger partial charge in [-0.25, -0.2) is 0 Å². The first kappa shape index (κ1) is 14.1. The van der Waals surface area contributed by atoms with E-state index < -0.39 is 18.5 Å². The number of aliphatic hydroxyl groups is 1. The number of ether oxygens (including phenoxy) is 1. The van der Waals surface area contributed by atoms with Gasteiger partial charge in [-0.3, -0.25) is 0 Å². The Bertz CT molecular complexity index is 566. The van der Waals surface area contributed by atoms with Crippen LogP contribution >= 0.6 is 0 Å². The minimum absolute atomic E-state index is 0.418. The summed E-state index contributed by atoms with van der Waals surface area (Å²) in [6.07, 6.45) is -1.51. The zero-order valence-corrected chi connectivity index (χ0v) is 10.9. The summed E-state index contributed by atoms with van der Waals surface area (Å²) >= 11 is 0. The molecule has 0 fully saturated rings. The Morgan fingerprint density at radius 2 is 1.90 bits per heavy atom. The lowest BCUT2D eigenvalue weighted by Gasteiger charge is -2.13. The van der Waals surface area contributed by atoms with Gasteiger partial charge in [-0.15, -0.1) is 0 Å². The van der Waals surface area contributed by atoms with Crippen LogP contribution in [0.1, 0.15) is 23.7 Å². The van der Waals surface area contributed by atoms with Crippen molar-refractivity contribution < 1.29 is 19.7 Å². The fourth-order valence-corrected chi connectivity index (χ4v) is 1.83. The van der Waals surface area contributed by atoms with Crippen molar-refractivity contribution >= 4 is 5.97 Å². The van der Waals surface area contributed by atoms with Crippen molar-refractivity contribution in [2.75, 3.05) is 0 Å². The maximum absolute atomic E-state index is 10.5. The molecule has 0 aliphatic rings. The van der Waals surface area contributed by atoms with Crippen LogP contribution in [0.3, 0.4) is 0 Å². The molecule has 0 saturated heterocycles. The lowest BCUT2D eigenvalue weighted by Crippen LogP contribution is -2.24. The molecule has 0 radical (unpaired) electrons. The smallest absolute Gasteiger partial charge is 0.120 e. The van der Waals surface area contributed by atoms with E-state index in [1.807, 2.05) is 30.3 Å². The van der Waals surface area contributed by atoms with Crippen molar-refractivity contribution in [3.63, 3.8) is 0 Å². The van der Waals surface area contributed by atoms with E-state index in [9.17, 15) is 15.0 Å². The molecule has 1 unspecified atom stereocenters. The predicted octanol–water partition coefficient (Wildman–Crippen LogP) is 1.44. The van der Waals surface area contributed by atoms with Gasteiger partial charge >= 0.3 is 0 Å². The minimum atomic E-state index is -1.28. The van der Waals surface area contributed by atoms with Gasteiger partial charge in [0.2, 0.25) is 0 Å². The third kappa shape index (κ3) is 4.10. The van der Waals surface area contributed by atoms with Gasteiger partial charge in [-0.1, -0.05) is 42.5 Å². The first-order valence-corrected chi connectivity index (χ1v) is 6.30. The van der Waals surface area contributed by atoms with Crippen LogP contribution < -0.4 is 9.84 Å². The highest BCUT2D eigenvalue weighted by atomic mass is 16.5. The molecule has 2 aromatic carbocycles. The molecule has 4 nitrogen and oxygen atoms in total. The number of aliphatic carboxylic acids is 1. The highest BCUT2D eigenvalue weighted by Gasteiger charge is 2.08. The molecule has 4 heteroatoms. The predicted molar refractivity (Wildman–Crippen MR) is 71.8 cm³/mol. The number of carbonyl (C=O) groups is 1. The van der Waals surface area contributed by atoms with Crippen molar-refractivity contribution in [2.24, 2.45) is 0 Å². The van der Waals surface area contributed by atoms with Gasteiger partial charge in [0, 0.05) is 12.4 Å². The Hall–Kier alpha value is -2.33. The molecular formula is C16H15O4-. The molecule has 0 saturated carbocycles. The summed E-state index contributed by atoms with van der Waals surface area (Å²) in [4.78, 5) is 10.5. The van der Waals surface area contributed by atoms with Gasteiger partial charge in [0.25, 0.3) is 0 Å². The third-order valence-corrected chi connectivity index (χ3v) is 2.85. The van der Waals surface area contributed by atoms with Crippen molar-refractivity contribution in [1.82, 2.24) is 0 Å². The number of carbonyl (C=O) groups excluding carboxylic acids is 1. The Kier molecular flexibility index (Phi) is 4.74. The van der Waals surface area contributed by atoms with Crippen LogP contribution in [-0.2, 0) is 11.4 Å². The second-order valence-corrected chi connectivity index (χ2v) is 4.44. The number of carboxylic acid groups (broad SMARTS) is 1. The number of benzene rings is 2. The second-order valence-electron chi connectivity index (χ2n) is 4.44. The van der Waals surface area contributed by atoms with E-state index in [0.717, 1.165) is 5.56 Å². The molecule has 20 heavy (non-hydrogen) atoms. The fourth-order valence-electron chi connectivity index (χ4n) is 1.83. The Morgan fingerprint density at radius 1 is 1.15 bits per heavy atom. The van der Waals surface area contributed by atoms with E-state index in [2.05, 4.69) is 0 Å². The Labute approximate surface area is 117 Å². The summed E-state index contributed by atoms with van der Waals surface area (Å²) in [7, 11) is 0. The molecule has 0 amide bonds. The zero-order valence-electron chi connectivity index (χ0n) is 10.9. The largest absolute Gasteiger partial charge is 0.550 e. The van der Waals surface area contributed by atoms with Gasteiger partial charge in [0.1, 0.15) is 12.4 Å². The van der Waals surface area contributed by atoms with Gasteiger partial charge in [0.15, 0.2) is 0 Å². The van der Waals surface area contributed by atoms with Crippen LogP contribution in [0, 0.1) is 0 Å². The quantitative estimate of drug-likeness (QED) is 0.863. The average molecular weight is 271 g/mol. The fraction of sp³-hybridized carbons (Fsp3) is 0.188. The number of rotatable bonds is 6. The van der Waals surface area contributed by atoms with Crippen LogP contribution in [0.25, 0.3) is 0 Å². The first-order chi connectivity index (χ1) is 9.65. The normalized spacial score (nSPS) is 11.8. The highest BCUT2D eigenvalue weighted by molar-refractivity contribution is 5.65. The van der Waals surface area contributed by atoms with E-state index in [1.165, 1.54) is 0 Å². The van der Waals surface area contributed by atoms with Crippen molar-refractivity contribution in [2.45, 2.75) is 19.1 Å². The van der Waals surface area contributed by atoms with Crippen LogP contribution in [0.15, 0.2) is 54.6 Å². The topological polar surface area (TPSA) is 69.6 Å². The van der Waals surface area contributed by atoms with Crippen molar-refractivity contribution in [3.05, 3.63) is 65.7 Å². The molecule has 1 N–H and O–H groups in total. The molecule has 0 heterocycles. The lowest BCUT2D eigenvalue weighted by atomic mass is 10.1. The number of aliphatic hydroxyl groups excluding tert-OH is 1.